The third-order valence-electron chi connectivity index (χ3n) is 6.39. The van der Waals surface area contributed by atoms with Gasteiger partial charge in [-0.25, -0.2) is 9.97 Å². The molecule has 1 aliphatic rings. The van der Waals surface area contributed by atoms with Gasteiger partial charge in [-0.2, -0.15) is 0 Å². The molecule has 0 spiro atoms. The van der Waals surface area contributed by atoms with Crippen LogP contribution in [-0.2, 0) is 5.41 Å². The molecule has 2 aromatic heterocycles. The standard InChI is InChI=1S/C26H30N6O/c1-4-31(13-14-33)20-8-6-19(7-9-20)29-24-25-27-11-12-32(25)16-23(30-24)18-5-10-21-22(15-18)28-17-26(21,2)3/h5-12,15-16,28,33H,4,13-14,17H2,1-3H3,(H,29,30). The molecule has 170 valence electrons. The first kappa shape index (κ1) is 21.3. The molecule has 0 unspecified atom stereocenters. The summed E-state index contributed by atoms with van der Waals surface area (Å²) in [7, 11) is 0. The second kappa shape index (κ2) is 8.41. The first-order chi connectivity index (χ1) is 16.0. The predicted molar refractivity (Wildman–Crippen MR) is 135 cm³/mol. The molecular weight excluding hydrogens is 412 g/mol. The van der Waals surface area contributed by atoms with Crippen molar-refractivity contribution in [2.24, 2.45) is 0 Å². The average molecular weight is 443 g/mol. The minimum absolute atomic E-state index is 0.137. The minimum atomic E-state index is 0.137. The van der Waals surface area contributed by atoms with Crippen molar-refractivity contribution in [3.8, 4) is 11.3 Å². The fourth-order valence-electron chi connectivity index (χ4n) is 4.49. The highest BCUT2D eigenvalue weighted by atomic mass is 16.3. The number of hydrogen-bond acceptors (Lipinski definition) is 6. The largest absolute Gasteiger partial charge is 0.395 e. The summed E-state index contributed by atoms with van der Waals surface area (Å²) in [5.74, 6) is 0.710. The van der Waals surface area contributed by atoms with Crippen LogP contribution >= 0.6 is 0 Å². The van der Waals surface area contributed by atoms with Crippen molar-refractivity contribution in [2.75, 3.05) is 41.8 Å². The normalized spacial score (nSPS) is 14.2. The first-order valence-electron chi connectivity index (χ1n) is 11.4. The lowest BCUT2D eigenvalue weighted by Gasteiger charge is -2.22. The zero-order valence-electron chi connectivity index (χ0n) is 19.3. The lowest BCUT2D eigenvalue weighted by atomic mass is 9.86. The van der Waals surface area contributed by atoms with Gasteiger partial charge in [0.15, 0.2) is 11.5 Å². The van der Waals surface area contributed by atoms with E-state index in [1.165, 1.54) is 11.3 Å². The van der Waals surface area contributed by atoms with E-state index in [-0.39, 0.29) is 12.0 Å². The van der Waals surface area contributed by atoms with E-state index in [0.29, 0.717) is 12.4 Å². The minimum Gasteiger partial charge on any atom is -0.395 e. The number of hydrogen-bond donors (Lipinski definition) is 3. The van der Waals surface area contributed by atoms with E-state index in [2.05, 4.69) is 71.6 Å². The molecule has 7 heteroatoms. The fraction of sp³-hybridized carbons (Fsp3) is 0.308. The summed E-state index contributed by atoms with van der Waals surface area (Å²) in [6.45, 7) is 9.15. The third kappa shape index (κ3) is 4.00. The third-order valence-corrected chi connectivity index (χ3v) is 6.39. The van der Waals surface area contributed by atoms with Gasteiger partial charge in [0.2, 0.25) is 0 Å². The highest BCUT2D eigenvalue weighted by molar-refractivity contribution is 5.76. The summed E-state index contributed by atoms with van der Waals surface area (Å²) in [5, 5.41) is 16.3. The summed E-state index contributed by atoms with van der Waals surface area (Å²) < 4.78 is 2.00. The van der Waals surface area contributed by atoms with Crippen LogP contribution in [-0.4, -0.2) is 45.7 Å². The quantitative estimate of drug-likeness (QED) is 0.386. The Balaban J connectivity index is 1.47. The molecule has 7 nitrogen and oxygen atoms in total. The number of aliphatic hydroxyl groups is 1. The molecule has 3 heterocycles. The van der Waals surface area contributed by atoms with Crippen LogP contribution < -0.4 is 15.5 Å². The highest BCUT2D eigenvalue weighted by Crippen LogP contribution is 2.38. The van der Waals surface area contributed by atoms with Crippen molar-refractivity contribution in [3.05, 3.63) is 66.6 Å². The molecule has 0 amide bonds. The predicted octanol–water partition coefficient (Wildman–Crippen LogP) is 4.66. The van der Waals surface area contributed by atoms with Crippen molar-refractivity contribution in [1.29, 1.82) is 0 Å². The molecule has 0 radical (unpaired) electrons. The maximum atomic E-state index is 9.28. The van der Waals surface area contributed by atoms with Gasteiger partial charge in [0.25, 0.3) is 0 Å². The number of aromatic nitrogens is 3. The second-order valence-corrected chi connectivity index (χ2v) is 9.11. The van der Waals surface area contributed by atoms with Crippen LogP contribution in [0.1, 0.15) is 26.3 Å². The maximum Gasteiger partial charge on any atom is 0.180 e. The van der Waals surface area contributed by atoms with Gasteiger partial charge in [-0.05, 0) is 42.8 Å². The zero-order chi connectivity index (χ0) is 23.0. The molecule has 2 aromatic carbocycles. The van der Waals surface area contributed by atoms with Crippen LogP contribution in [0.4, 0.5) is 22.9 Å². The fourth-order valence-corrected chi connectivity index (χ4v) is 4.49. The first-order valence-corrected chi connectivity index (χ1v) is 11.4. The van der Waals surface area contributed by atoms with Gasteiger partial charge in [0, 0.05) is 66.3 Å². The lowest BCUT2D eigenvalue weighted by Crippen LogP contribution is -2.25. The summed E-state index contributed by atoms with van der Waals surface area (Å²) >= 11 is 0. The lowest BCUT2D eigenvalue weighted by molar-refractivity contribution is 0.302. The van der Waals surface area contributed by atoms with Gasteiger partial charge in [0.05, 0.1) is 12.3 Å². The number of likely N-dealkylation sites (N-methyl/N-ethyl adjacent to an activating group) is 1. The van der Waals surface area contributed by atoms with Crippen molar-refractivity contribution < 1.29 is 5.11 Å². The second-order valence-electron chi connectivity index (χ2n) is 9.11. The van der Waals surface area contributed by atoms with E-state index in [1.807, 2.05) is 28.9 Å². The van der Waals surface area contributed by atoms with Gasteiger partial charge < -0.3 is 25.0 Å². The van der Waals surface area contributed by atoms with Crippen LogP contribution in [0.15, 0.2) is 61.1 Å². The molecule has 0 atom stereocenters. The SMILES string of the molecule is CCN(CCO)c1ccc(Nc2nc(-c3ccc4c(c3)NCC4(C)C)cn3ccnc23)cc1. The highest BCUT2D eigenvalue weighted by Gasteiger charge is 2.29. The van der Waals surface area contributed by atoms with Crippen molar-refractivity contribution in [2.45, 2.75) is 26.2 Å². The summed E-state index contributed by atoms with van der Waals surface area (Å²) in [5.41, 5.74) is 7.40. The van der Waals surface area contributed by atoms with E-state index in [4.69, 9.17) is 4.98 Å². The number of rotatable bonds is 7. The Hall–Kier alpha value is -3.58. The van der Waals surface area contributed by atoms with E-state index in [1.54, 1.807) is 6.20 Å². The topological polar surface area (TPSA) is 77.7 Å². The van der Waals surface area contributed by atoms with Crippen molar-refractivity contribution in [3.63, 3.8) is 0 Å². The maximum absolute atomic E-state index is 9.28. The molecule has 3 N–H and O–H groups in total. The summed E-state index contributed by atoms with van der Waals surface area (Å²) in [6.07, 6.45) is 5.75. The van der Waals surface area contributed by atoms with Crippen LogP contribution in [0.2, 0.25) is 0 Å². The van der Waals surface area contributed by atoms with Crippen molar-refractivity contribution >= 4 is 28.5 Å². The average Bonchev–Trinajstić information content (AvgIpc) is 3.42. The number of nitrogens with zero attached hydrogens (tertiary/aromatic N) is 4. The Labute approximate surface area is 194 Å². The molecule has 5 rings (SSSR count). The molecule has 0 fully saturated rings. The van der Waals surface area contributed by atoms with Crippen LogP contribution in [0.3, 0.4) is 0 Å². The monoisotopic (exact) mass is 442 g/mol. The zero-order valence-corrected chi connectivity index (χ0v) is 19.3. The molecular formula is C26H30N6O. The Morgan fingerprint density at radius 1 is 1.18 bits per heavy atom. The Bertz CT molecular complexity index is 1280. The number of aliphatic hydroxyl groups excluding tert-OH is 1. The number of benzene rings is 2. The van der Waals surface area contributed by atoms with Gasteiger partial charge >= 0.3 is 0 Å². The Morgan fingerprint density at radius 2 is 2.00 bits per heavy atom. The number of nitrogens with one attached hydrogen (secondary N) is 2. The molecule has 0 aliphatic carbocycles. The van der Waals surface area contributed by atoms with E-state index < -0.39 is 0 Å². The van der Waals surface area contributed by atoms with Crippen LogP contribution in [0, 0.1) is 0 Å². The van der Waals surface area contributed by atoms with E-state index in [9.17, 15) is 5.11 Å². The number of imidazole rings is 1. The van der Waals surface area contributed by atoms with Gasteiger partial charge in [-0.15, -0.1) is 0 Å². The number of fused-ring (bicyclic) bond motifs is 2. The van der Waals surface area contributed by atoms with Crippen LogP contribution in [0.5, 0.6) is 0 Å². The van der Waals surface area contributed by atoms with Crippen molar-refractivity contribution in [1.82, 2.24) is 14.4 Å². The molecule has 33 heavy (non-hydrogen) atoms. The molecule has 0 bridgehead atoms. The Kier molecular flexibility index (Phi) is 5.42. The van der Waals surface area contributed by atoms with Gasteiger partial charge in [0.1, 0.15) is 0 Å². The van der Waals surface area contributed by atoms with Gasteiger partial charge in [-0.1, -0.05) is 26.0 Å². The van der Waals surface area contributed by atoms with Crippen LogP contribution in [0.25, 0.3) is 16.9 Å². The Morgan fingerprint density at radius 3 is 2.76 bits per heavy atom. The molecule has 1 aliphatic heterocycles. The summed E-state index contributed by atoms with van der Waals surface area (Å²) in [4.78, 5) is 11.6. The van der Waals surface area contributed by atoms with E-state index in [0.717, 1.165) is 41.4 Å². The molecule has 0 saturated heterocycles. The molecule has 4 aromatic rings. The van der Waals surface area contributed by atoms with Gasteiger partial charge in [-0.3, -0.25) is 0 Å². The smallest absolute Gasteiger partial charge is 0.180 e. The summed E-state index contributed by atoms with van der Waals surface area (Å²) in [6, 6.07) is 14.7. The van der Waals surface area contributed by atoms with E-state index >= 15 is 0 Å². The molecule has 0 saturated carbocycles. The number of anilines is 4.